The molecule has 0 spiro atoms. The summed E-state index contributed by atoms with van der Waals surface area (Å²) in [5, 5.41) is 4.78. The van der Waals surface area contributed by atoms with E-state index in [4.69, 9.17) is 11.6 Å². The number of hydrogen-bond acceptors (Lipinski definition) is 4. The van der Waals surface area contributed by atoms with Crippen LogP contribution in [0.15, 0.2) is 102 Å². The van der Waals surface area contributed by atoms with Gasteiger partial charge in [0.25, 0.3) is 0 Å². The van der Waals surface area contributed by atoms with E-state index >= 15 is 0 Å². The molecule has 0 saturated heterocycles. The number of benzene rings is 3. The molecule has 3 aromatic carbocycles. The van der Waals surface area contributed by atoms with Crippen LogP contribution in [0.4, 0.5) is 0 Å². The van der Waals surface area contributed by atoms with E-state index in [1.165, 1.54) is 15.9 Å². The zero-order chi connectivity index (χ0) is 22.0. The van der Waals surface area contributed by atoms with Gasteiger partial charge in [-0.15, -0.1) is 0 Å². The molecule has 0 aliphatic rings. The second-order valence-corrected chi connectivity index (χ2v) is 11.9. The molecule has 0 saturated carbocycles. The lowest BCUT2D eigenvalue weighted by molar-refractivity contribution is -0.207. The fourth-order valence-corrected chi connectivity index (χ4v) is 7.46. The summed E-state index contributed by atoms with van der Waals surface area (Å²) in [6, 6.07) is 32.1. The number of hydrogen-bond donors (Lipinski definition) is 0. The van der Waals surface area contributed by atoms with E-state index in [0.717, 1.165) is 5.03 Å². The summed E-state index contributed by atoms with van der Waals surface area (Å²) in [4.78, 5) is 9.69. The predicted molar refractivity (Wildman–Crippen MR) is 126 cm³/mol. The number of halogens is 3. The fraction of sp³-hybridized carbons (Fsp3) is 0.0476. The first kappa shape index (κ1) is 25.1. The average molecular weight is 504 g/mol. The molecule has 0 N–H and O–H groups in total. The highest BCUT2D eigenvalue weighted by molar-refractivity contribution is 7.98. The maximum Gasteiger partial charge on any atom is 0.301 e. The highest BCUT2D eigenvalue weighted by atomic mass is 35.5. The maximum absolute atomic E-state index is 9.69. The van der Waals surface area contributed by atoms with Crippen molar-refractivity contribution in [1.29, 1.82) is 0 Å². The molecule has 0 aliphatic heterocycles. The Bertz CT molecular complexity index is 878. The number of rotatable bonds is 6. The van der Waals surface area contributed by atoms with Crippen molar-refractivity contribution in [3.05, 3.63) is 102 Å². The van der Waals surface area contributed by atoms with E-state index in [1.807, 2.05) is 6.92 Å². The lowest BCUT2D eigenvalue weighted by atomic mass is 10.4. The minimum Gasteiger partial charge on any atom is -0.754 e. The van der Waals surface area contributed by atoms with Crippen molar-refractivity contribution in [3.63, 3.8) is 0 Å². The first-order chi connectivity index (χ1) is 14.4. The minimum atomic E-state index is -4.37. The average Bonchev–Trinajstić information content (AvgIpc) is 2.79. The summed E-state index contributed by atoms with van der Waals surface area (Å²) in [5.41, 5.74) is 0. The van der Waals surface area contributed by atoms with Crippen molar-refractivity contribution in [2.45, 2.75) is 6.92 Å². The van der Waals surface area contributed by atoms with Crippen molar-refractivity contribution >= 4 is 66.3 Å². The Morgan fingerprint density at radius 1 is 0.800 bits per heavy atom. The van der Waals surface area contributed by atoms with Gasteiger partial charge in [-0.05, 0) is 43.3 Å². The molecule has 30 heavy (non-hydrogen) atoms. The summed E-state index contributed by atoms with van der Waals surface area (Å²) < 4.78 is 16.1. The molecule has 9 heteroatoms. The zero-order valence-electron chi connectivity index (χ0n) is 15.9. The monoisotopic (exact) mass is 502 g/mol. The second kappa shape index (κ2) is 12.0. The smallest absolute Gasteiger partial charge is 0.301 e. The van der Waals surface area contributed by atoms with Crippen LogP contribution in [0.2, 0.25) is 0 Å². The van der Waals surface area contributed by atoms with Crippen LogP contribution in [0, 0.1) is 0 Å². The Morgan fingerprint density at radius 2 is 1.10 bits per heavy atom. The van der Waals surface area contributed by atoms with Crippen molar-refractivity contribution in [3.8, 4) is 0 Å². The van der Waals surface area contributed by atoms with Crippen molar-refractivity contribution in [2.75, 3.05) is 0 Å². The Kier molecular flexibility index (Phi) is 10.0. The van der Waals surface area contributed by atoms with Crippen LogP contribution in [-0.2, 0) is 12.7 Å². The van der Waals surface area contributed by atoms with Gasteiger partial charge in [-0.3, -0.25) is 4.57 Å². The van der Waals surface area contributed by atoms with Gasteiger partial charge in [0.2, 0.25) is 0 Å². The molecule has 3 rings (SSSR count). The molecular weight excluding hydrogens is 485 g/mol. The molecular formula is C21H19Cl3O4P2. The second-order valence-electron chi connectivity index (χ2n) is 6.03. The third-order valence-corrected chi connectivity index (χ3v) is 9.76. The number of phosphoric acid groups is 1. The van der Waals surface area contributed by atoms with Crippen LogP contribution < -0.4 is 20.8 Å². The Hall–Kier alpha value is -1.19. The Balaban J connectivity index is 0.000000396. The van der Waals surface area contributed by atoms with Crippen LogP contribution in [0.3, 0.4) is 0 Å². The predicted octanol–water partition coefficient (Wildman–Crippen LogP) is 5.88. The minimum absolute atomic E-state index is 0.829. The summed E-state index contributed by atoms with van der Waals surface area (Å²) in [6.45, 7) is 1.96. The van der Waals surface area contributed by atoms with E-state index < -0.39 is 15.1 Å². The van der Waals surface area contributed by atoms with Gasteiger partial charge >= 0.3 is 7.82 Å². The molecule has 0 aromatic heterocycles. The quantitative estimate of drug-likeness (QED) is 0.395. The molecule has 4 nitrogen and oxygen atoms in total. The molecule has 3 aromatic rings. The topological polar surface area (TPSA) is 58.6 Å². The molecule has 0 amide bonds. The van der Waals surface area contributed by atoms with Crippen LogP contribution in [0.1, 0.15) is 6.92 Å². The summed E-state index contributed by atoms with van der Waals surface area (Å²) >= 11 is 15.0. The van der Waals surface area contributed by atoms with E-state index in [0.29, 0.717) is 0 Å². The first-order valence-corrected chi connectivity index (χ1v) is 13.0. The fourth-order valence-electron chi connectivity index (χ4n) is 2.94. The number of allylic oxidation sites excluding steroid dienone is 1. The van der Waals surface area contributed by atoms with Gasteiger partial charge in [0.05, 0.1) is 34.6 Å². The molecule has 0 heterocycles. The third-order valence-electron chi connectivity index (χ3n) is 4.03. The summed E-state index contributed by atoms with van der Waals surface area (Å²) in [7, 11) is -6.28. The maximum atomic E-state index is 9.69. The Morgan fingerprint density at radius 3 is 1.30 bits per heavy atom. The summed E-state index contributed by atoms with van der Waals surface area (Å²) in [6.07, 6.45) is 0. The van der Waals surface area contributed by atoms with Gasteiger partial charge in [0, 0.05) is 0 Å². The van der Waals surface area contributed by atoms with Crippen molar-refractivity contribution < 1.29 is 17.6 Å². The van der Waals surface area contributed by atoms with Gasteiger partial charge in [0.15, 0.2) is 0 Å². The Labute approximate surface area is 192 Å². The molecule has 0 fully saturated rings. The van der Waals surface area contributed by atoms with E-state index in [2.05, 4.69) is 129 Å². The van der Waals surface area contributed by atoms with Crippen molar-refractivity contribution in [2.24, 2.45) is 0 Å². The lowest BCUT2D eigenvalue weighted by Gasteiger charge is -2.24. The molecule has 0 atom stereocenters. The first-order valence-electron chi connectivity index (χ1n) is 8.68. The van der Waals surface area contributed by atoms with Gasteiger partial charge < -0.3 is 4.89 Å². The molecule has 0 unspecified atom stereocenters. The van der Waals surface area contributed by atoms with Gasteiger partial charge in [-0.2, -0.15) is 0 Å². The molecule has 0 aliphatic carbocycles. The summed E-state index contributed by atoms with van der Waals surface area (Å²) in [5.74, 6) is 2.26. The highest BCUT2D eigenvalue weighted by Crippen LogP contribution is 2.57. The van der Waals surface area contributed by atoms with Crippen LogP contribution in [0.5, 0.6) is 0 Å². The van der Waals surface area contributed by atoms with Crippen LogP contribution >= 0.6 is 50.4 Å². The van der Waals surface area contributed by atoms with Crippen molar-refractivity contribution in [1.82, 2.24) is 0 Å². The normalized spacial score (nSPS) is 12.1. The largest absolute Gasteiger partial charge is 0.754 e. The van der Waals surface area contributed by atoms with E-state index in [9.17, 15) is 9.46 Å². The van der Waals surface area contributed by atoms with E-state index in [-0.39, 0.29) is 0 Å². The standard InChI is InChI=1S/C21H19ClP.Cl2HO4P/c1-18(22)17-23(19-11-5-2-6-12-19,20-13-7-3-8-14-20)21-15-9-4-10-16-21;1-5-7(3,4)6-2/h2-17H,1H3;(H,3,4)/q+1;/p-1. The SMILES string of the molecule is CC(Cl)=C[P+](c1ccccc1)(c1ccccc1)c1ccccc1.O=P([O-])(OCl)OCl. The zero-order valence-corrected chi connectivity index (χ0v) is 20.0. The third kappa shape index (κ3) is 6.65. The molecule has 0 bridgehead atoms. The van der Waals surface area contributed by atoms with Gasteiger partial charge in [-0.1, -0.05) is 66.2 Å². The molecule has 158 valence electrons. The van der Waals surface area contributed by atoms with Gasteiger partial charge in [0.1, 0.15) is 23.2 Å². The van der Waals surface area contributed by atoms with Gasteiger partial charge in [-0.25, -0.2) is 8.15 Å². The molecule has 0 radical (unpaired) electrons. The highest BCUT2D eigenvalue weighted by Gasteiger charge is 2.43. The van der Waals surface area contributed by atoms with E-state index in [1.54, 1.807) is 0 Å². The lowest BCUT2D eigenvalue weighted by Crippen LogP contribution is -2.29. The van der Waals surface area contributed by atoms with Crippen LogP contribution in [-0.4, -0.2) is 0 Å². The van der Waals surface area contributed by atoms with Crippen LogP contribution in [0.25, 0.3) is 0 Å².